The molecule has 2 heterocycles. The zero-order chi connectivity index (χ0) is 22.8. The Morgan fingerprint density at radius 1 is 0.906 bits per heavy atom. The Hall–Kier alpha value is -2.83. The second-order valence-electron chi connectivity index (χ2n) is 8.26. The number of rotatable bonds is 6. The van der Waals surface area contributed by atoms with Crippen molar-refractivity contribution >= 4 is 34.7 Å². The molecule has 2 aromatic rings. The van der Waals surface area contributed by atoms with E-state index in [-0.39, 0.29) is 17.9 Å². The van der Waals surface area contributed by atoms with Gasteiger partial charge in [-0.05, 0) is 62.4 Å². The highest BCUT2D eigenvalue weighted by Gasteiger charge is 2.43. The van der Waals surface area contributed by atoms with Crippen LogP contribution in [0.1, 0.15) is 26.3 Å². The van der Waals surface area contributed by atoms with Gasteiger partial charge in [0, 0.05) is 31.2 Å². The van der Waals surface area contributed by atoms with Gasteiger partial charge in [-0.25, -0.2) is 4.90 Å². The Labute approximate surface area is 194 Å². The summed E-state index contributed by atoms with van der Waals surface area (Å²) in [4.78, 5) is 32.8. The lowest BCUT2D eigenvalue weighted by Gasteiger charge is -2.36. The Bertz CT molecular complexity index is 1020. The molecule has 0 unspecified atom stereocenters. The molecule has 1 saturated heterocycles. The van der Waals surface area contributed by atoms with E-state index in [0.29, 0.717) is 40.6 Å². The molecule has 0 atom stereocenters. The summed E-state index contributed by atoms with van der Waals surface area (Å²) >= 11 is 6.02. The average Bonchev–Trinajstić information content (AvgIpc) is 3.05. The molecule has 6 nitrogen and oxygen atoms in total. The van der Waals surface area contributed by atoms with E-state index in [1.165, 1.54) is 4.90 Å². The van der Waals surface area contributed by atoms with Crippen LogP contribution in [0.5, 0.6) is 5.75 Å². The summed E-state index contributed by atoms with van der Waals surface area (Å²) in [5.41, 5.74) is 2.14. The zero-order valence-electron chi connectivity index (χ0n) is 18.7. The Morgan fingerprint density at radius 3 is 2.09 bits per heavy atom. The molecule has 0 bridgehead atoms. The summed E-state index contributed by atoms with van der Waals surface area (Å²) < 4.78 is 5.74. The van der Waals surface area contributed by atoms with Crippen LogP contribution in [0.4, 0.5) is 5.69 Å². The van der Waals surface area contributed by atoms with Crippen molar-refractivity contribution in [3.05, 3.63) is 64.8 Å². The number of hydrogen-bond donors (Lipinski definition) is 0. The van der Waals surface area contributed by atoms with Gasteiger partial charge in [0.1, 0.15) is 11.4 Å². The van der Waals surface area contributed by atoms with Crippen molar-refractivity contribution < 1.29 is 14.3 Å². The van der Waals surface area contributed by atoms with E-state index in [4.69, 9.17) is 16.3 Å². The first kappa shape index (κ1) is 22.4. The van der Waals surface area contributed by atoms with Crippen LogP contribution in [0.2, 0.25) is 5.02 Å². The molecule has 168 valence electrons. The molecule has 0 saturated carbocycles. The van der Waals surface area contributed by atoms with Gasteiger partial charge in [0.15, 0.2) is 0 Å². The van der Waals surface area contributed by atoms with Gasteiger partial charge in [0.25, 0.3) is 11.8 Å². The van der Waals surface area contributed by atoms with E-state index in [1.807, 2.05) is 38.1 Å². The summed E-state index contributed by atoms with van der Waals surface area (Å²) in [6, 6.07) is 14.2. The van der Waals surface area contributed by atoms with Crippen molar-refractivity contribution in [1.82, 2.24) is 9.80 Å². The maximum atomic E-state index is 13.6. The monoisotopic (exact) mass is 453 g/mol. The number of ether oxygens (including phenoxy) is 1. The molecule has 0 N–H and O–H groups in total. The van der Waals surface area contributed by atoms with Gasteiger partial charge < -0.3 is 14.5 Å². The Balaban J connectivity index is 1.73. The van der Waals surface area contributed by atoms with Gasteiger partial charge >= 0.3 is 0 Å². The minimum atomic E-state index is -0.317. The zero-order valence-corrected chi connectivity index (χ0v) is 19.4. The maximum Gasteiger partial charge on any atom is 0.282 e. The number of benzene rings is 2. The summed E-state index contributed by atoms with van der Waals surface area (Å²) in [7, 11) is 0. The quantitative estimate of drug-likeness (QED) is 0.617. The molecule has 32 heavy (non-hydrogen) atoms. The van der Waals surface area contributed by atoms with E-state index in [9.17, 15) is 9.59 Å². The van der Waals surface area contributed by atoms with Crippen LogP contribution in [0, 0.1) is 0 Å². The number of imide groups is 1. The van der Waals surface area contributed by atoms with E-state index < -0.39 is 0 Å². The summed E-state index contributed by atoms with van der Waals surface area (Å²) in [5.74, 6) is 0.122. The Morgan fingerprint density at radius 2 is 1.53 bits per heavy atom. The van der Waals surface area contributed by atoms with Gasteiger partial charge in [-0.2, -0.15) is 0 Å². The minimum Gasteiger partial charge on any atom is -0.491 e. The summed E-state index contributed by atoms with van der Waals surface area (Å²) in [6.45, 7) is 10.2. The van der Waals surface area contributed by atoms with Gasteiger partial charge in [-0.15, -0.1) is 0 Å². The number of nitrogens with zero attached hydrogens (tertiary/aromatic N) is 3. The van der Waals surface area contributed by atoms with Gasteiger partial charge in [0.05, 0.1) is 17.4 Å². The largest absolute Gasteiger partial charge is 0.491 e. The summed E-state index contributed by atoms with van der Waals surface area (Å²) in [5, 5.41) is 0.553. The lowest BCUT2D eigenvalue weighted by molar-refractivity contribution is -0.120. The number of anilines is 1. The highest BCUT2D eigenvalue weighted by molar-refractivity contribution is 6.45. The molecular weight excluding hydrogens is 426 g/mol. The third kappa shape index (κ3) is 4.38. The molecule has 4 rings (SSSR count). The van der Waals surface area contributed by atoms with Gasteiger partial charge in [0.2, 0.25) is 0 Å². The van der Waals surface area contributed by atoms with Crippen LogP contribution in [0.15, 0.2) is 54.2 Å². The fourth-order valence-electron chi connectivity index (χ4n) is 4.16. The van der Waals surface area contributed by atoms with Crippen LogP contribution < -0.4 is 9.64 Å². The maximum absolute atomic E-state index is 13.6. The third-order valence-corrected chi connectivity index (χ3v) is 6.05. The first-order valence-corrected chi connectivity index (χ1v) is 11.4. The van der Waals surface area contributed by atoms with Crippen LogP contribution in [0.3, 0.4) is 0 Å². The number of piperazine rings is 1. The lowest BCUT2D eigenvalue weighted by Crippen LogP contribution is -2.47. The standard InChI is InChI=1S/C25H28ClN3O3/c1-4-27-13-15-28(16-14-27)23-22(18-5-11-21(12-6-18)32-17(2)3)24(30)29(25(23)31)20-9-7-19(26)8-10-20/h5-12,17H,4,13-16H2,1-3H3. The van der Waals surface area contributed by atoms with Crippen molar-refractivity contribution in [3.63, 3.8) is 0 Å². The fraction of sp³-hybridized carbons (Fsp3) is 0.360. The van der Waals surface area contributed by atoms with Crippen molar-refractivity contribution in [2.45, 2.75) is 26.9 Å². The van der Waals surface area contributed by atoms with E-state index >= 15 is 0 Å². The fourth-order valence-corrected chi connectivity index (χ4v) is 4.28. The highest BCUT2D eigenvalue weighted by Crippen LogP contribution is 2.36. The molecule has 2 amide bonds. The highest BCUT2D eigenvalue weighted by atomic mass is 35.5. The summed E-state index contributed by atoms with van der Waals surface area (Å²) in [6.07, 6.45) is 0.0561. The van der Waals surface area contributed by atoms with Gasteiger partial charge in [-0.3, -0.25) is 9.59 Å². The first-order valence-electron chi connectivity index (χ1n) is 11.0. The minimum absolute atomic E-state index is 0.0561. The number of hydrogen-bond acceptors (Lipinski definition) is 5. The van der Waals surface area contributed by atoms with E-state index in [0.717, 1.165) is 25.4 Å². The lowest BCUT2D eigenvalue weighted by atomic mass is 10.0. The van der Waals surface area contributed by atoms with Gasteiger partial charge in [-0.1, -0.05) is 30.7 Å². The topological polar surface area (TPSA) is 53.1 Å². The number of amides is 2. The molecule has 0 aromatic heterocycles. The van der Waals surface area contributed by atoms with Crippen molar-refractivity contribution in [1.29, 1.82) is 0 Å². The molecule has 2 aliphatic rings. The van der Waals surface area contributed by atoms with Crippen molar-refractivity contribution in [3.8, 4) is 5.75 Å². The SMILES string of the molecule is CCN1CCN(C2=C(c3ccc(OC(C)C)cc3)C(=O)N(c3ccc(Cl)cc3)C2=O)CC1. The molecule has 2 aliphatic heterocycles. The molecule has 7 heteroatoms. The van der Waals surface area contributed by atoms with Crippen LogP contribution in [-0.4, -0.2) is 60.4 Å². The van der Waals surface area contributed by atoms with E-state index in [1.54, 1.807) is 24.3 Å². The first-order chi connectivity index (χ1) is 15.4. The molecule has 2 aromatic carbocycles. The number of carbonyl (C=O) groups excluding carboxylic acids is 2. The normalized spacial score (nSPS) is 17.7. The molecule has 0 aliphatic carbocycles. The molecule has 0 spiro atoms. The second kappa shape index (κ2) is 9.35. The predicted molar refractivity (Wildman–Crippen MR) is 127 cm³/mol. The number of likely N-dealkylation sites (N-methyl/N-ethyl adjacent to an activating group) is 1. The molecule has 1 fully saturated rings. The van der Waals surface area contributed by atoms with Crippen molar-refractivity contribution in [2.75, 3.05) is 37.6 Å². The molecule has 0 radical (unpaired) electrons. The molecular formula is C25H28ClN3O3. The average molecular weight is 454 g/mol. The van der Waals surface area contributed by atoms with Crippen molar-refractivity contribution in [2.24, 2.45) is 0 Å². The number of carbonyl (C=O) groups is 2. The third-order valence-electron chi connectivity index (χ3n) is 5.79. The second-order valence-corrected chi connectivity index (χ2v) is 8.69. The van der Waals surface area contributed by atoms with Crippen LogP contribution >= 0.6 is 11.6 Å². The van der Waals surface area contributed by atoms with Crippen LogP contribution in [0.25, 0.3) is 5.57 Å². The number of halogens is 1. The smallest absolute Gasteiger partial charge is 0.282 e. The Kier molecular flexibility index (Phi) is 6.53. The predicted octanol–water partition coefficient (Wildman–Crippen LogP) is 4.05. The van der Waals surface area contributed by atoms with Crippen LogP contribution in [-0.2, 0) is 9.59 Å². The van der Waals surface area contributed by atoms with E-state index in [2.05, 4.69) is 16.7 Å².